The van der Waals surface area contributed by atoms with Gasteiger partial charge in [-0.3, -0.25) is 4.79 Å². The minimum atomic E-state index is 0.00494. The molecule has 1 heterocycles. The first-order chi connectivity index (χ1) is 10.6. The van der Waals surface area contributed by atoms with E-state index >= 15 is 0 Å². The smallest absolute Gasteiger partial charge is 0.276 e. The molecule has 1 aliphatic rings. The van der Waals surface area contributed by atoms with Gasteiger partial charge in [-0.15, -0.1) is 5.10 Å². The molecular formula is C17H22N4O. The zero-order valence-corrected chi connectivity index (χ0v) is 13.1. The van der Waals surface area contributed by atoms with Crippen molar-refractivity contribution in [3.63, 3.8) is 0 Å². The highest BCUT2D eigenvalue weighted by Crippen LogP contribution is 2.28. The minimum Gasteiger partial charge on any atom is -0.334 e. The van der Waals surface area contributed by atoms with Crippen molar-refractivity contribution in [1.29, 1.82) is 0 Å². The summed E-state index contributed by atoms with van der Waals surface area (Å²) >= 11 is 0. The zero-order chi connectivity index (χ0) is 15.5. The molecule has 0 aliphatic heterocycles. The van der Waals surface area contributed by atoms with Gasteiger partial charge >= 0.3 is 0 Å². The lowest BCUT2D eigenvalue weighted by atomic mass is 10.1. The molecule has 0 N–H and O–H groups in total. The third kappa shape index (κ3) is 3.35. The molecule has 5 heteroatoms. The highest BCUT2D eigenvalue weighted by molar-refractivity contribution is 5.92. The Labute approximate surface area is 130 Å². The molecule has 2 aromatic rings. The van der Waals surface area contributed by atoms with Gasteiger partial charge in [0.05, 0.1) is 11.9 Å². The van der Waals surface area contributed by atoms with Gasteiger partial charge in [0.25, 0.3) is 5.91 Å². The maximum Gasteiger partial charge on any atom is 0.276 e. The van der Waals surface area contributed by atoms with Crippen LogP contribution in [-0.2, 0) is 0 Å². The van der Waals surface area contributed by atoms with E-state index in [9.17, 15) is 4.79 Å². The first kappa shape index (κ1) is 14.8. The average molecular weight is 298 g/mol. The molecule has 1 aromatic carbocycles. The Hall–Kier alpha value is -2.17. The van der Waals surface area contributed by atoms with Crippen LogP contribution in [0.4, 0.5) is 0 Å². The predicted octanol–water partition coefficient (Wildman–Crippen LogP) is 2.92. The molecule has 1 fully saturated rings. The Bertz CT molecular complexity index is 631. The molecule has 22 heavy (non-hydrogen) atoms. The van der Waals surface area contributed by atoms with Crippen LogP contribution in [0.2, 0.25) is 0 Å². The second kappa shape index (κ2) is 6.30. The fraction of sp³-hybridized carbons (Fsp3) is 0.471. The molecule has 116 valence electrons. The first-order valence-electron chi connectivity index (χ1n) is 7.94. The Morgan fingerprint density at radius 2 is 2.05 bits per heavy atom. The van der Waals surface area contributed by atoms with Gasteiger partial charge in [0.2, 0.25) is 0 Å². The number of benzene rings is 1. The first-order valence-corrected chi connectivity index (χ1v) is 7.94. The van der Waals surface area contributed by atoms with E-state index < -0.39 is 0 Å². The highest BCUT2D eigenvalue weighted by atomic mass is 16.2. The van der Waals surface area contributed by atoms with Crippen LogP contribution in [0.5, 0.6) is 0 Å². The summed E-state index contributed by atoms with van der Waals surface area (Å²) in [7, 11) is 0. The molecule has 0 saturated heterocycles. The van der Waals surface area contributed by atoms with E-state index in [1.807, 2.05) is 35.2 Å². The van der Waals surface area contributed by atoms with Gasteiger partial charge in [0.15, 0.2) is 5.69 Å². The number of rotatable bonds is 6. The number of carbonyl (C=O) groups is 1. The number of amides is 1. The van der Waals surface area contributed by atoms with Gasteiger partial charge in [-0.1, -0.05) is 32.0 Å². The molecule has 1 aromatic heterocycles. The number of hydrogen-bond acceptors (Lipinski definition) is 3. The monoisotopic (exact) mass is 298 g/mol. The molecule has 0 unspecified atom stereocenters. The molecule has 5 nitrogen and oxygen atoms in total. The Morgan fingerprint density at radius 1 is 1.32 bits per heavy atom. The van der Waals surface area contributed by atoms with Crippen molar-refractivity contribution in [3.8, 4) is 5.69 Å². The fourth-order valence-electron chi connectivity index (χ4n) is 2.43. The van der Waals surface area contributed by atoms with Crippen LogP contribution in [0.25, 0.3) is 5.69 Å². The fourth-order valence-corrected chi connectivity index (χ4v) is 2.43. The SMILES string of the molecule is CC(C)CCN(C(=O)c1cnn(-c2ccccc2)n1)C1CC1. The molecule has 1 saturated carbocycles. The second-order valence-electron chi connectivity index (χ2n) is 6.27. The third-order valence-electron chi connectivity index (χ3n) is 3.89. The van der Waals surface area contributed by atoms with E-state index in [-0.39, 0.29) is 5.91 Å². The molecule has 3 rings (SSSR count). The van der Waals surface area contributed by atoms with Crippen LogP contribution >= 0.6 is 0 Å². The quantitative estimate of drug-likeness (QED) is 0.824. The van der Waals surface area contributed by atoms with Gasteiger partial charge in [-0.05, 0) is 37.3 Å². The van der Waals surface area contributed by atoms with E-state index in [0.717, 1.165) is 31.5 Å². The highest BCUT2D eigenvalue weighted by Gasteiger charge is 2.33. The number of hydrogen-bond donors (Lipinski definition) is 0. The minimum absolute atomic E-state index is 0.00494. The molecule has 1 aliphatic carbocycles. The Balaban J connectivity index is 1.75. The average Bonchev–Trinajstić information content (AvgIpc) is 3.23. The lowest BCUT2D eigenvalue weighted by molar-refractivity contribution is 0.0729. The van der Waals surface area contributed by atoms with Crippen LogP contribution in [0.1, 0.15) is 43.6 Å². The van der Waals surface area contributed by atoms with E-state index in [2.05, 4.69) is 24.0 Å². The molecule has 0 bridgehead atoms. The van der Waals surface area contributed by atoms with E-state index in [1.165, 1.54) is 4.80 Å². The third-order valence-corrected chi connectivity index (χ3v) is 3.89. The van der Waals surface area contributed by atoms with E-state index in [1.54, 1.807) is 6.20 Å². The predicted molar refractivity (Wildman–Crippen MR) is 84.9 cm³/mol. The summed E-state index contributed by atoms with van der Waals surface area (Å²) in [6.45, 7) is 5.17. The second-order valence-corrected chi connectivity index (χ2v) is 6.27. The topological polar surface area (TPSA) is 51.0 Å². The largest absolute Gasteiger partial charge is 0.334 e. The van der Waals surface area contributed by atoms with Gasteiger partial charge in [-0.2, -0.15) is 9.90 Å². The van der Waals surface area contributed by atoms with Crippen molar-refractivity contribution in [2.24, 2.45) is 5.92 Å². The van der Waals surface area contributed by atoms with Crippen LogP contribution in [0, 0.1) is 5.92 Å². The standard InChI is InChI=1S/C17H22N4O/c1-13(2)10-11-20(14-8-9-14)17(22)16-12-18-21(19-16)15-6-4-3-5-7-15/h3-7,12-14H,8-11H2,1-2H3. The summed E-state index contributed by atoms with van der Waals surface area (Å²) in [6.07, 6.45) is 4.81. The Kier molecular flexibility index (Phi) is 4.22. The molecule has 1 amide bonds. The van der Waals surface area contributed by atoms with Crippen molar-refractivity contribution in [2.75, 3.05) is 6.54 Å². The van der Waals surface area contributed by atoms with Gasteiger partial charge in [0, 0.05) is 12.6 Å². The lowest BCUT2D eigenvalue weighted by Gasteiger charge is -2.22. The van der Waals surface area contributed by atoms with Crippen molar-refractivity contribution in [2.45, 2.75) is 39.2 Å². The summed E-state index contributed by atoms with van der Waals surface area (Å²) in [5, 5.41) is 8.58. The number of aromatic nitrogens is 3. The maximum absolute atomic E-state index is 12.7. The van der Waals surface area contributed by atoms with Crippen molar-refractivity contribution in [3.05, 3.63) is 42.2 Å². The number of nitrogens with zero attached hydrogens (tertiary/aromatic N) is 4. The van der Waals surface area contributed by atoms with Crippen molar-refractivity contribution >= 4 is 5.91 Å². The molecular weight excluding hydrogens is 276 g/mol. The summed E-state index contributed by atoms with van der Waals surface area (Å²) in [5.74, 6) is 0.597. The van der Waals surface area contributed by atoms with Gasteiger partial charge in [-0.25, -0.2) is 0 Å². The molecule has 0 radical (unpaired) electrons. The summed E-state index contributed by atoms with van der Waals surface area (Å²) in [6, 6.07) is 10.0. The molecule has 0 spiro atoms. The summed E-state index contributed by atoms with van der Waals surface area (Å²) in [4.78, 5) is 16.2. The number of carbonyl (C=O) groups excluding carboxylic acids is 1. The van der Waals surface area contributed by atoms with Gasteiger partial charge < -0.3 is 4.90 Å². The Morgan fingerprint density at radius 3 is 2.68 bits per heavy atom. The van der Waals surface area contributed by atoms with Gasteiger partial charge in [0.1, 0.15) is 0 Å². The summed E-state index contributed by atoms with van der Waals surface area (Å²) < 4.78 is 0. The van der Waals surface area contributed by atoms with E-state index in [0.29, 0.717) is 17.7 Å². The zero-order valence-electron chi connectivity index (χ0n) is 13.1. The van der Waals surface area contributed by atoms with Crippen LogP contribution in [-0.4, -0.2) is 38.4 Å². The maximum atomic E-state index is 12.7. The van der Waals surface area contributed by atoms with Crippen molar-refractivity contribution < 1.29 is 4.79 Å². The lowest BCUT2D eigenvalue weighted by Crippen LogP contribution is -2.35. The van der Waals surface area contributed by atoms with Crippen LogP contribution in [0.3, 0.4) is 0 Å². The van der Waals surface area contributed by atoms with Crippen LogP contribution < -0.4 is 0 Å². The van der Waals surface area contributed by atoms with Crippen molar-refractivity contribution in [1.82, 2.24) is 19.9 Å². The normalized spacial score (nSPS) is 14.3. The van der Waals surface area contributed by atoms with Crippen LogP contribution in [0.15, 0.2) is 36.5 Å². The molecule has 0 atom stereocenters. The number of para-hydroxylation sites is 1. The summed E-state index contributed by atoms with van der Waals surface area (Å²) in [5.41, 5.74) is 1.29. The van der Waals surface area contributed by atoms with E-state index in [4.69, 9.17) is 0 Å².